The van der Waals surface area contributed by atoms with Crippen molar-refractivity contribution in [2.45, 2.75) is 49.8 Å². The minimum absolute atomic E-state index is 0.142. The molecule has 1 aliphatic rings. The molecule has 1 aliphatic heterocycles. The van der Waals surface area contributed by atoms with Gasteiger partial charge in [0, 0.05) is 0 Å². The maximum absolute atomic E-state index is 10.7. The number of aromatic nitrogens is 4. The van der Waals surface area contributed by atoms with E-state index in [4.69, 9.17) is 36.8 Å². The number of nitrogens with zero attached hydrogens (tertiary/aromatic N) is 4. The largest absolute Gasteiger partial charge is 0.480 e. The summed E-state index contributed by atoms with van der Waals surface area (Å²) in [6.45, 7) is 0.00902. The van der Waals surface area contributed by atoms with Gasteiger partial charge in [-0.25, -0.2) is 19.5 Å². The van der Waals surface area contributed by atoms with E-state index in [9.17, 15) is 19.6 Å². The third-order valence-corrected chi connectivity index (χ3v) is 5.18. The second-order valence-corrected chi connectivity index (χ2v) is 8.38. The number of aliphatic carboxylic acids is 1. The predicted molar refractivity (Wildman–Crippen MR) is 112 cm³/mol. The summed E-state index contributed by atoms with van der Waals surface area (Å²) in [6, 6.07) is -0.716. The number of carboxylic acids is 1. The van der Waals surface area contributed by atoms with Crippen molar-refractivity contribution in [3.8, 4) is 0 Å². The smallest absolute Gasteiger partial charge is 0.469 e. The SMILES string of the molecule is NCCCCC(N)C(=O)O.Nc1ncnc2c1ncn2[C@@H]1O[C@H](COP(=O)(O)O)[C@@H](O)[C@H]1O. The van der Waals surface area contributed by atoms with Crippen LogP contribution < -0.4 is 17.2 Å². The Hall–Kier alpha value is -2.27. The van der Waals surface area contributed by atoms with Gasteiger partial charge in [-0.1, -0.05) is 6.42 Å². The molecule has 33 heavy (non-hydrogen) atoms. The predicted octanol–water partition coefficient (Wildman–Crippen LogP) is -2.34. The highest BCUT2D eigenvalue weighted by molar-refractivity contribution is 7.46. The Kier molecular flexibility index (Phi) is 9.59. The number of phosphoric acid groups is 1. The fourth-order valence-electron chi connectivity index (χ4n) is 2.96. The molecule has 3 heterocycles. The van der Waals surface area contributed by atoms with Gasteiger partial charge in [-0.3, -0.25) is 13.9 Å². The van der Waals surface area contributed by atoms with Crippen LogP contribution in [0.25, 0.3) is 11.2 Å². The van der Waals surface area contributed by atoms with E-state index in [2.05, 4.69) is 19.5 Å². The summed E-state index contributed by atoms with van der Waals surface area (Å²) in [7, 11) is -4.72. The van der Waals surface area contributed by atoms with Crippen molar-refractivity contribution in [3.63, 3.8) is 0 Å². The average Bonchev–Trinajstić information content (AvgIpc) is 3.29. The van der Waals surface area contributed by atoms with Gasteiger partial charge in [0.15, 0.2) is 17.7 Å². The molecule has 16 nitrogen and oxygen atoms in total. The number of hydrogen-bond acceptors (Lipinski definition) is 12. The van der Waals surface area contributed by atoms with Gasteiger partial charge >= 0.3 is 13.8 Å². The van der Waals surface area contributed by atoms with E-state index in [1.165, 1.54) is 17.2 Å². The van der Waals surface area contributed by atoms with Gasteiger partial charge < -0.3 is 47.0 Å². The summed E-state index contributed by atoms with van der Waals surface area (Å²) >= 11 is 0. The van der Waals surface area contributed by atoms with Crippen molar-refractivity contribution in [1.82, 2.24) is 19.5 Å². The summed E-state index contributed by atoms with van der Waals surface area (Å²) in [6.07, 6.45) is -0.326. The Morgan fingerprint density at radius 1 is 1.24 bits per heavy atom. The zero-order valence-corrected chi connectivity index (χ0v) is 18.3. The number of rotatable bonds is 9. The number of hydrogen-bond donors (Lipinski definition) is 8. The fraction of sp³-hybridized carbons (Fsp3) is 0.625. The molecule has 17 heteroatoms. The van der Waals surface area contributed by atoms with Crippen molar-refractivity contribution in [1.29, 1.82) is 0 Å². The summed E-state index contributed by atoms with van der Waals surface area (Å²) in [5.74, 6) is -0.791. The number of phosphoric ester groups is 1. The standard InChI is InChI=1S/C10H14N5O7P.C6H14N2O2/c11-8-5-9(13-2-12-8)15(3-14-5)10-7(17)6(16)4(22-10)1-21-23(18,19)20;7-4-2-1-3-5(8)6(9)10/h2-4,6-7,10,16-17H,1H2,(H2,11,12,13)(H2,18,19,20);5H,1-4,7-8H2,(H,9,10)/t4-,6-,7-,10-;/m1./s1. The monoisotopic (exact) mass is 493 g/mol. The molecule has 0 bridgehead atoms. The summed E-state index contributed by atoms with van der Waals surface area (Å²) in [5, 5.41) is 28.4. The lowest BCUT2D eigenvalue weighted by atomic mass is 10.1. The average molecular weight is 493 g/mol. The van der Waals surface area contributed by atoms with Gasteiger partial charge in [0.05, 0.1) is 12.9 Å². The highest BCUT2D eigenvalue weighted by Crippen LogP contribution is 2.38. The number of unbranched alkanes of at least 4 members (excludes halogenated alkanes) is 1. The van der Waals surface area contributed by atoms with Gasteiger partial charge in [-0.2, -0.15) is 0 Å². The molecule has 1 unspecified atom stereocenters. The van der Waals surface area contributed by atoms with Crippen LogP contribution in [0.15, 0.2) is 12.7 Å². The molecular formula is C16H28N7O9P. The molecule has 0 amide bonds. The Bertz CT molecular complexity index is 971. The zero-order valence-electron chi connectivity index (χ0n) is 17.4. The molecule has 186 valence electrons. The van der Waals surface area contributed by atoms with E-state index < -0.39 is 51.0 Å². The molecule has 0 spiro atoms. The first-order valence-electron chi connectivity index (χ1n) is 9.79. The fourth-order valence-corrected chi connectivity index (χ4v) is 3.30. The lowest BCUT2D eigenvalue weighted by Crippen LogP contribution is -2.33. The van der Waals surface area contributed by atoms with Crippen LogP contribution in [0.4, 0.5) is 5.82 Å². The van der Waals surface area contributed by atoms with Gasteiger partial charge in [0.1, 0.15) is 36.2 Å². The maximum Gasteiger partial charge on any atom is 0.469 e. The Morgan fingerprint density at radius 3 is 2.55 bits per heavy atom. The highest BCUT2D eigenvalue weighted by atomic mass is 31.2. The van der Waals surface area contributed by atoms with Crippen molar-refractivity contribution in [3.05, 3.63) is 12.7 Å². The molecule has 3 rings (SSSR count). The minimum atomic E-state index is -4.72. The molecule has 0 aromatic carbocycles. The first-order chi connectivity index (χ1) is 15.5. The van der Waals surface area contributed by atoms with Crippen LogP contribution in [0.5, 0.6) is 0 Å². The lowest BCUT2D eigenvalue weighted by molar-refractivity contribution is -0.138. The van der Waals surface area contributed by atoms with E-state index in [-0.39, 0.29) is 11.5 Å². The van der Waals surface area contributed by atoms with Gasteiger partial charge in [0.2, 0.25) is 0 Å². The number of imidazole rings is 1. The van der Waals surface area contributed by atoms with Crippen molar-refractivity contribution in [2.75, 3.05) is 18.9 Å². The number of anilines is 1. The normalized spacial score (nSPS) is 23.8. The molecule has 0 radical (unpaired) electrons. The van der Waals surface area contributed by atoms with Crippen LogP contribution in [0.2, 0.25) is 0 Å². The number of ether oxygens (including phenoxy) is 1. The number of carbonyl (C=O) groups is 1. The first kappa shape index (κ1) is 27.0. The summed E-state index contributed by atoms with van der Waals surface area (Å²) in [4.78, 5) is 39.3. The number of aliphatic hydroxyl groups excluding tert-OH is 2. The topological polar surface area (TPSA) is 275 Å². The second-order valence-electron chi connectivity index (χ2n) is 7.14. The van der Waals surface area contributed by atoms with Gasteiger partial charge in [0.25, 0.3) is 0 Å². The minimum Gasteiger partial charge on any atom is -0.480 e. The molecule has 1 fully saturated rings. The van der Waals surface area contributed by atoms with Gasteiger partial charge in [-0.15, -0.1) is 0 Å². The van der Waals surface area contributed by atoms with Crippen LogP contribution in [-0.4, -0.2) is 88.1 Å². The van der Waals surface area contributed by atoms with Crippen molar-refractivity contribution in [2.24, 2.45) is 11.5 Å². The van der Waals surface area contributed by atoms with Crippen LogP contribution in [-0.2, 0) is 18.6 Å². The summed E-state index contributed by atoms with van der Waals surface area (Å²) in [5.41, 5.74) is 16.7. The number of aliphatic hydroxyl groups is 2. The van der Waals surface area contributed by atoms with Crippen LogP contribution >= 0.6 is 7.82 Å². The van der Waals surface area contributed by atoms with Gasteiger partial charge in [-0.05, 0) is 19.4 Å². The summed E-state index contributed by atoms with van der Waals surface area (Å²) < 4.78 is 21.8. The number of nitrogen functional groups attached to an aromatic ring is 1. The van der Waals surface area contributed by atoms with Crippen LogP contribution in [0.1, 0.15) is 25.5 Å². The molecule has 2 aromatic rings. The number of nitrogens with two attached hydrogens (primary N) is 3. The number of carboxylic acid groups (broad SMARTS) is 1. The molecular weight excluding hydrogens is 465 g/mol. The molecule has 11 N–H and O–H groups in total. The van der Waals surface area contributed by atoms with Crippen molar-refractivity contribution >= 4 is 30.8 Å². The molecule has 1 saturated heterocycles. The van der Waals surface area contributed by atoms with Crippen LogP contribution in [0.3, 0.4) is 0 Å². The lowest BCUT2D eigenvalue weighted by Gasteiger charge is -2.16. The Balaban J connectivity index is 0.000000328. The quantitative estimate of drug-likeness (QED) is 0.134. The Morgan fingerprint density at radius 2 is 1.94 bits per heavy atom. The van der Waals surface area contributed by atoms with E-state index in [0.717, 1.165) is 12.8 Å². The molecule has 5 atom stereocenters. The van der Waals surface area contributed by atoms with Crippen molar-refractivity contribution < 1.29 is 43.7 Å². The molecule has 2 aromatic heterocycles. The second kappa shape index (κ2) is 11.7. The molecule has 0 saturated carbocycles. The van der Waals surface area contributed by atoms with E-state index >= 15 is 0 Å². The molecule has 0 aliphatic carbocycles. The van der Waals surface area contributed by atoms with E-state index in [1.54, 1.807) is 0 Å². The maximum atomic E-state index is 10.7. The third kappa shape index (κ3) is 7.36. The number of fused-ring (bicyclic) bond motifs is 1. The first-order valence-corrected chi connectivity index (χ1v) is 11.3. The zero-order chi connectivity index (χ0) is 24.8. The Labute approximate surface area is 187 Å². The third-order valence-electron chi connectivity index (χ3n) is 4.69. The van der Waals surface area contributed by atoms with E-state index in [0.29, 0.717) is 18.5 Å². The van der Waals surface area contributed by atoms with E-state index in [1.807, 2.05) is 0 Å². The van der Waals surface area contributed by atoms with Crippen LogP contribution in [0, 0.1) is 0 Å². The highest BCUT2D eigenvalue weighted by Gasteiger charge is 2.45.